The molecule has 21 heavy (non-hydrogen) atoms. The molecule has 1 fully saturated rings. The van der Waals surface area contributed by atoms with Gasteiger partial charge < -0.3 is 10.0 Å². The molecular formula is C15H21BrN2O2S. The molecule has 1 heterocycles. The molecule has 0 radical (unpaired) electrons. The third-order valence-corrected chi connectivity index (χ3v) is 5.28. The smallest absolute Gasteiger partial charge is 0.233 e. The molecule has 1 aromatic rings. The highest BCUT2D eigenvalue weighted by Gasteiger charge is 2.20. The fraction of sp³-hybridized carbons (Fsp3) is 0.533. The van der Waals surface area contributed by atoms with Crippen LogP contribution < -0.4 is 0 Å². The van der Waals surface area contributed by atoms with E-state index in [4.69, 9.17) is 5.11 Å². The molecule has 2 rings (SSSR count). The average Bonchev–Trinajstić information content (AvgIpc) is 2.47. The number of carbonyl (C=O) groups excluding carboxylic acids is 1. The second-order valence-electron chi connectivity index (χ2n) is 5.14. The van der Waals surface area contributed by atoms with Gasteiger partial charge in [-0.3, -0.25) is 9.69 Å². The normalized spacial score (nSPS) is 16.2. The van der Waals surface area contributed by atoms with Gasteiger partial charge in [-0.2, -0.15) is 0 Å². The van der Waals surface area contributed by atoms with Crippen LogP contribution in [0.5, 0.6) is 0 Å². The van der Waals surface area contributed by atoms with Gasteiger partial charge in [-0.05, 0) is 30.7 Å². The molecule has 0 aromatic heterocycles. The van der Waals surface area contributed by atoms with Crippen molar-refractivity contribution in [2.45, 2.75) is 11.8 Å². The molecule has 1 N–H and O–H groups in total. The first-order chi connectivity index (χ1) is 10.1. The number of rotatable bonds is 5. The number of amides is 1. The topological polar surface area (TPSA) is 43.8 Å². The average molecular weight is 373 g/mol. The van der Waals surface area contributed by atoms with Gasteiger partial charge in [-0.1, -0.05) is 15.9 Å². The van der Waals surface area contributed by atoms with Crippen molar-refractivity contribution in [3.8, 4) is 0 Å². The summed E-state index contributed by atoms with van der Waals surface area (Å²) in [4.78, 5) is 17.5. The summed E-state index contributed by atoms with van der Waals surface area (Å²) in [6, 6.07) is 6.13. The second-order valence-corrected chi connectivity index (χ2v) is 7.08. The fourth-order valence-corrected chi connectivity index (χ4v) is 3.76. The lowest BCUT2D eigenvalue weighted by Gasteiger charge is -2.34. The Hall–Kier alpha value is -0.560. The maximum Gasteiger partial charge on any atom is 0.233 e. The SMILES string of the molecule is Cc1cc(Br)ccc1SCC(=O)N1CCN(CCO)CC1. The van der Waals surface area contributed by atoms with Gasteiger partial charge in [0.25, 0.3) is 0 Å². The predicted octanol–water partition coefficient (Wildman–Crippen LogP) is 1.99. The van der Waals surface area contributed by atoms with Crippen molar-refractivity contribution in [1.29, 1.82) is 0 Å². The van der Waals surface area contributed by atoms with Crippen LogP contribution in [0.3, 0.4) is 0 Å². The largest absolute Gasteiger partial charge is 0.395 e. The lowest BCUT2D eigenvalue weighted by Crippen LogP contribution is -2.49. The Kier molecular flexibility index (Phi) is 6.54. The van der Waals surface area contributed by atoms with Crippen LogP contribution in [0.1, 0.15) is 5.56 Å². The third kappa shape index (κ3) is 4.98. The van der Waals surface area contributed by atoms with Crippen LogP contribution in [-0.2, 0) is 4.79 Å². The van der Waals surface area contributed by atoms with Crippen LogP contribution in [0.2, 0.25) is 0 Å². The Bertz CT molecular complexity index is 491. The van der Waals surface area contributed by atoms with Crippen molar-refractivity contribution in [2.24, 2.45) is 0 Å². The van der Waals surface area contributed by atoms with Crippen molar-refractivity contribution in [3.05, 3.63) is 28.2 Å². The highest BCUT2D eigenvalue weighted by molar-refractivity contribution is 9.10. The summed E-state index contributed by atoms with van der Waals surface area (Å²) < 4.78 is 1.07. The molecule has 1 saturated heterocycles. The van der Waals surface area contributed by atoms with Gasteiger partial charge in [0.1, 0.15) is 0 Å². The summed E-state index contributed by atoms with van der Waals surface area (Å²) in [5, 5.41) is 8.92. The quantitative estimate of drug-likeness (QED) is 0.802. The van der Waals surface area contributed by atoms with E-state index in [1.807, 2.05) is 11.0 Å². The number of benzene rings is 1. The van der Waals surface area contributed by atoms with Gasteiger partial charge >= 0.3 is 0 Å². The number of aliphatic hydroxyl groups is 1. The minimum Gasteiger partial charge on any atom is -0.395 e. The molecule has 4 nitrogen and oxygen atoms in total. The van der Waals surface area contributed by atoms with E-state index < -0.39 is 0 Å². The van der Waals surface area contributed by atoms with Gasteiger partial charge in [0.2, 0.25) is 5.91 Å². The molecule has 6 heteroatoms. The van der Waals surface area contributed by atoms with Gasteiger partial charge in [-0.25, -0.2) is 0 Å². The molecule has 0 spiro atoms. The Balaban J connectivity index is 1.80. The molecule has 116 valence electrons. The molecule has 0 atom stereocenters. The van der Waals surface area contributed by atoms with Crippen LogP contribution in [0.25, 0.3) is 0 Å². The Morgan fingerprint density at radius 3 is 2.67 bits per heavy atom. The van der Waals surface area contributed by atoms with Crippen LogP contribution >= 0.6 is 27.7 Å². The lowest BCUT2D eigenvalue weighted by molar-refractivity contribution is -0.130. The van der Waals surface area contributed by atoms with E-state index in [-0.39, 0.29) is 12.5 Å². The molecule has 0 bridgehead atoms. The standard InChI is InChI=1S/C15H21BrN2O2S/c1-12-10-13(16)2-3-14(12)21-11-15(20)18-6-4-17(5-7-18)8-9-19/h2-3,10,19H,4-9,11H2,1H3. The number of carbonyl (C=O) groups is 1. The highest BCUT2D eigenvalue weighted by Crippen LogP contribution is 2.25. The first kappa shape index (κ1) is 16.8. The fourth-order valence-electron chi connectivity index (χ4n) is 2.37. The lowest BCUT2D eigenvalue weighted by atomic mass is 10.2. The zero-order chi connectivity index (χ0) is 15.2. The number of aliphatic hydroxyl groups excluding tert-OH is 1. The van der Waals surface area contributed by atoms with Crippen molar-refractivity contribution in [3.63, 3.8) is 0 Å². The molecule has 1 amide bonds. The van der Waals surface area contributed by atoms with Crippen LogP contribution in [0, 0.1) is 6.92 Å². The number of nitrogens with zero attached hydrogens (tertiary/aromatic N) is 2. The number of hydrogen-bond acceptors (Lipinski definition) is 4. The molecule has 1 aliphatic rings. The maximum absolute atomic E-state index is 12.2. The molecule has 0 aliphatic carbocycles. The molecule has 1 aromatic carbocycles. The second kappa shape index (κ2) is 8.17. The van der Waals surface area contributed by atoms with Crippen molar-refractivity contribution >= 4 is 33.6 Å². The van der Waals surface area contributed by atoms with E-state index in [0.717, 1.165) is 35.5 Å². The highest BCUT2D eigenvalue weighted by atomic mass is 79.9. The van der Waals surface area contributed by atoms with E-state index in [2.05, 4.69) is 39.9 Å². The van der Waals surface area contributed by atoms with Gasteiger partial charge in [0.15, 0.2) is 0 Å². The Morgan fingerprint density at radius 1 is 1.33 bits per heavy atom. The minimum atomic E-state index is 0.187. The predicted molar refractivity (Wildman–Crippen MR) is 89.7 cm³/mol. The van der Waals surface area contributed by atoms with E-state index in [1.54, 1.807) is 11.8 Å². The van der Waals surface area contributed by atoms with E-state index in [1.165, 1.54) is 5.56 Å². The van der Waals surface area contributed by atoms with Crippen LogP contribution in [0.15, 0.2) is 27.6 Å². The summed E-state index contributed by atoms with van der Waals surface area (Å²) in [5.41, 5.74) is 1.19. The first-order valence-corrected chi connectivity index (χ1v) is 8.88. The monoisotopic (exact) mass is 372 g/mol. The number of β-amino-alcohol motifs (C(OH)–C–C–N with tert-alkyl or cyclic N) is 1. The van der Waals surface area contributed by atoms with Crippen LogP contribution in [-0.4, -0.2) is 65.9 Å². The number of halogens is 1. The maximum atomic E-state index is 12.2. The molecular weight excluding hydrogens is 352 g/mol. The van der Waals surface area contributed by atoms with E-state index in [9.17, 15) is 4.79 Å². The zero-order valence-corrected chi connectivity index (χ0v) is 14.6. The van der Waals surface area contributed by atoms with Gasteiger partial charge in [-0.15, -0.1) is 11.8 Å². The summed E-state index contributed by atoms with van der Waals surface area (Å²) in [7, 11) is 0. The number of piperazine rings is 1. The summed E-state index contributed by atoms with van der Waals surface area (Å²) in [6.45, 7) is 6.19. The summed E-state index contributed by atoms with van der Waals surface area (Å²) in [6.07, 6.45) is 0. The molecule has 1 aliphatic heterocycles. The molecule has 0 saturated carbocycles. The van der Waals surface area contributed by atoms with Gasteiger partial charge in [0, 0.05) is 42.1 Å². The van der Waals surface area contributed by atoms with E-state index >= 15 is 0 Å². The summed E-state index contributed by atoms with van der Waals surface area (Å²) >= 11 is 5.05. The third-order valence-electron chi connectivity index (χ3n) is 3.63. The van der Waals surface area contributed by atoms with Crippen molar-refractivity contribution in [1.82, 2.24) is 9.80 Å². The number of aryl methyl sites for hydroxylation is 1. The van der Waals surface area contributed by atoms with Crippen molar-refractivity contribution in [2.75, 3.05) is 45.1 Å². The number of thioether (sulfide) groups is 1. The Labute approximate surface area is 138 Å². The Morgan fingerprint density at radius 2 is 2.05 bits per heavy atom. The minimum absolute atomic E-state index is 0.187. The van der Waals surface area contributed by atoms with Crippen LogP contribution in [0.4, 0.5) is 0 Å². The summed E-state index contributed by atoms with van der Waals surface area (Å²) in [5.74, 6) is 0.689. The van der Waals surface area contributed by atoms with Gasteiger partial charge in [0.05, 0.1) is 12.4 Å². The molecule has 0 unspecified atom stereocenters. The zero-order valence-electron chi connectivity index (χ0n) is 12.2. The van der Waals surface area contributed by atoms with Crippen molar-refractivity contribution < 1.29 is 9.90 Å². The number of hydrogen-bond donors (Lipinski definition) is 1. The van der Waals surface area contributed by atoms with E-state index in [0.29, 0.717) is 12.3 Å². The first-order valence-electron chi connectivity index (χ1n) is 7.10.